The van der Waals surface area contributed by atoms with Crippen molar-refractivity contribution in [1.82, 2.24) is 0 Å². The van der Waals surface area contributed by atoms with E-state index in [2.05, 4.69) is 74.5 Å². The highest BCUT2D eigenvalue weighted by Gasteiger charge is 2.08. The van der Waals surface area contributed by atoms with Crippen molar-refractivity contribution in [3.8, 4) is 5.75 Å². The van der Waals surface area contributed by atoms with E-state index in [9.17, 15) is 5.11 Å². The van der Waals surface area contributed by atoms with E-state index in [0.717, 1.165) is 24.8 Å². The second kappa shape index (κ2) is 9.23. The number of rotatable bonds is 7. The van der Waals surface area contributed by atoms with Crippen molar-refractivity contribution < 1.29 is 5.11 Å². The Balaban J connectivity index is 1.73. The molecule has 0 aliphatic carbocycles. The van der Waals surface area contributed by atoms with Crippen LogP contribution in [-0.4, -0.2) is 5.11 Å². The molecule has 1 heteroatoms. The summed E-state index contributed by atoms with van der Waals surface area (Å²) in [6.07, 6.45) is 7.46. The van der Waals surface area contributed by atoms with E-state index < -0.39 is 0 Å². The Morgan fingerprint density at radius 3 is 2.00 bits per heavy atom. The number of aromatic hydroxyl groups is 1. The summed E-state index contributed by atoms with van der Waals surface area (Å²) in [5.41, 5.74) is 6.21. The summed E-state index contributed by atoms with van der Waals surface area (Å²) < 4.78 is 0. The summed E-state index contributed by atoms with van der Waals surface area (Å²) in [6.45, 7) is 4.25. The zero-order chi connectivity index (χ0) is 19.1. The maximum atomic E-state index is 10.0. The second-order valence-corrected chi connectivity index (χ2v) is 7.39. The fourth-order valence-electron chi connectivity index (χ4n) is 3.27. The summed E-state index contributed by atoms with van der Waals surface area (Å²) in [7, 11) is 0. The molecule has 3 aromatic rings. The summed E-state index contributed by atoms with van der Waals surface area (Å²) in [5, 5.41) is 10.0. The molecule has 0 bridgehead atoms. The van der Waals surface area contributed by atoms with Crippen LogP contribution in [0.15, 0.2) is 78.9 Å². The number of aryl methyl sites for hydroxylation is 3. The maximum Gasteiger partial charge on any atom is 0.122 e. The molecule has 0 radical (unpaired) electrons. The molecule has 3 rings (SSSR count). The van der Waals surface area contributed by atoms with Crippen molar-refractivity contribution in [2.24, 2.45) is 5.92 Å². The predicted octanol–water partition coefficient (Wildman–Crippen LogP) is 6.51. The summed E-state index contributed by atoms with van der Waals surface area (Å²) >= 11 is 0. The quantitative estimate of drug-likeness (QED) is 0.511. The van der Waals surface area contributed by atoms with Gasteiger partial charge in [0.05, 0.1) is 0 Å². The number of allylic oxidation sites excluding steroid dienone is 1. The zero-order valence-electron chi connectivity index (χ0n) is 16.2. The Morgan fingerprint density at radius 2 is 1.37 bits per heavy atom. The Hall–Kier alpha value is -2.80. The first-order valence-corrected chi connectivity index (χ1v) is 9.67. The molecular formula is C26H28O. The topological polar surface area (TPSA) is 20.2 Å². The second-order valence-electron chi connectivity index (χ2n) is 7.39. The molecule has 1 N–H and O–H groups in total. The lowest BCUT2D eigenvalue weighted by Crippen LogP contribution is -2.04. The fraction of sp³-hybridized carbons (Fsp3) is 0.231. The largest absolute Gasteiger partial charge is 0.507 e. The van der Waals surface area contributed by atoms with E-state index in [4.69, 9.17) is 0 Å². The van der Waals surface area contributed by atoms with Crippen LogP contribution in [0.1, 0.15) is 34.2 Å². The van der Waals surface area contributed by atoms with Crippen LogP contribution < -0.4 is 0 Å². The van der Waals surface area contributed by atoms with Gasteiger partial charge in [0, 0.05) is 5.56 Å². The Bertz CT molecular complexity index is 873. The third kappa shape index (κ3) is 5.86. The van der Waals surface area contributed by atoms with Crippen LogP contribution in [0.3, 0.4) is 0 Å². The van der Waals surface area contributed by atoms with Crippen molar-refractivity contribution in [1.29, 1.82) is 0 Å². The molecule has 138 valence electrons. The molecule has 0 saturated carbocycles. The third-order valence-corrected chi connectivity index (χ3v) is 5.03. The van der Waals surface area contributed by atoms with Crippen molar-refractivity contribution in [2.75, 3.05) is 0 Å². The lowest BCUT2D eigenvalue weighted by Gasteiger charge is -2.14. The van der Waals surface area contributed by atoms with E-state index in [1.54, 1.807) is 6.07 Å². The number of benzene rings is 3. The smallest absolute Gasteiger partial charge is 0.122 e. The van der Waals surface area contributed by atoms with Gasteiger partial charge in [0.2, 0.25) is 0 Å². The molecule has 0 heterocycles. The monoisotopic (exact) mass is 356 g/mol. The van der Waals surface area contributed by atoms with Crippen LogP contribution in [-0.2, 0) is 12.8 Å². The molecule has 0 aromatic heterocycles. The van der Waals surface area contributed by atoms with Crippen LogP contribution in [0.2, 0.25) is 0 Å². The van der Waals surface area contributed by atoms with Crippen LogP contribution in [0.4, 0.5) is 0 Å². The van der Waals surface area contributed by atoms with Gasteiger partial charge in [0.15, 0.2) is 0 Å². The molecule has 0 aliphatic heterocycles. The lowest BCUT2D eigenvalue weighted by molar-refractivity contribution is 0.474. The van der Waals surface area contributed by atoms with Gasteiger partial charge < -0.3 is 5.11 Å². The van der Waals surface area contributed by atoms with Crippen LogP contribution >= 0.6 is 0 Å². The third-order valence-electron chi connectivity index (χ3n) is 5.03. The molecule has 1 unspecified atom stereocenters. The van der Waals surface area contributed by atoms with E-state index in [1.165, 1.54) is 22.3 Å². The first kappa shape index (κ1) is 19.0. The molecular weight excluding hydrogens is 328 g/mol. The molecule has 1 nitrogen and oxygen atoms in total. The van der Waals surface area contributed by atoms with Crippen LogP contribution in [0.25, 0.3) is 6.08 Å². The van der Waals surface area contributed by atoms with Crippen LogP contribution in [0.5, 0.6) is 5.75 Å². The van der Waals surface area contributed by atoms with Gasteiger partial charge in [-0.2, -0.15) is 0 Å². The molecule has 0 amide bonds. The number of hydrogen-bond donors (Lipinski definition) is 1. The van der Waals surface area contributed by atoms with Gasteiger partial charge in [-0.1, -0.05) is 90.0 Å². The molecule has 3 aromatic carbocycles. The standard InChI is InChI=1S/C26H28O/c1-20-7-11-22(12-8-20)15-16-24(19-23-13-9-21(2)10-14-23)17-18-25-5-3-4-6-26(25)27/h3-14,17-18,24,27H,15-16,19H2,1-2H3/b18-17+. The van der Waals surface area contributed by atoms with Gasteiger partial charge in [0.1, 0.15) is 5.75 Å². The average Bonchev–Trinajstić information content (AvgIpc) is 2.68. The van der Waals surface area contributed by atoms with Crippen molar-refractivity contribution in [3.63, 3.8) is 0 Å². The van der Waals surface area contributed by atoms with Crippen molar-refractivity contribution in [3.05, 3.63) is 107 Å². The molecule has 1 atom stereocenters. The van der Waals surface area contributed by atoms with Gasteiger partial charge >= 0.3 is 0 Å². The average molecular weight is 357 g/mol. The van der Waals surface area contributed by atoms with Crippen LogP contribution in [0, 0.1) is 19.8 Å². The highest BCUT2D eigenvalue weighted by molar-refractivity contribution is 5.56. The minimum Gasteiger partial charge on any atom is -0.507 e. The molecule has 0 fully saturated rings. The normalized spacial score (nSPS) is 12.4. The lowest BCUT2D eigenvalue weighted by atomic mass is 9.91. The number of phenolic OH excluding ortho intramolecular Hbond substituents is 1. The Labute approximate surface area is 163 Å². The molecule has 0 saturated heterocycles. The van der Waals surface area contributed by atoms with Gasteiger partial charge in [0.25, 0.3) is 0 Å². The van der Waals surface area contributed by atoms with Crippen molar-refractivity contribution in [2.45, 2.75) is 33.1 Å². The van der Waals surface area contributed by atoms with E-state index >= 15 is 0 Å². The highest BCUT2D eigenvalue weighted by Crippen LogP contribution is 2.22. The minimum atomic E-state index is 0.335. The van der Waals surface area contributed by atoms with Gasteiger partial charge in [-0.25, -0.2) is 0 Å². The summed E-state index contributed by atoms with van der Waals surface area (Å²) in [5.74, 6) is 0.759. The Morgan fingerprint density at radius 1 is 0.778 bits per heavy atom. The first-order chi connectivity index (χ1) is 13.1. The molecule has 27 heavy (non-hydrogen) atoms. The number of para-hydroxylation sites is 1. The zero-order valence-corrected chi connectivity index (χ0v) is 16.2. The number of phenols is 1. The fourth-order valence-corrected chi connectivity index (χ4v) is 3.27. The number of hydrogen-bond acceptors (Lipinski definition) is 1. The molecule has 0 aliphatic rings. The molecule has 0 spiro atoms. The van der Waals surface area contributed by atoms with Gasteiger partial charge in [-0.3, -0.25) is 0 Å². The summed E-state index contributed by atoms with van der Waals surface area (Å²) in [4.78, 5) is 0. The van der Waals surface area contributed by atoms with Crippen molar-refractivity contribution >= 4 is 6.08 Å². The SMILES string of the molecule is Cc1ccc(CCC(/C=C/c2ccccc2O)Cc2ccc(C)cc2)cc1. The minimum absolute atomic E-state index is 0.335. The van der Waals surface area contributed by atoms with E-state index in [-0.39, 0.29) is 0 Å². The summed E-state index contributed by atoms with van der Waals surface area (Å²) in [6, 6.07) is 25.1. The van der Waals surface area contributed by atoms with E-state index in [1.807, 2.05) is 18.2 Å². The van der Waals surface area contributed by atoms with E-state index in [0.29, 0.717) is 11.7 Å². The predicted molar refractivity (Wildman–Crippen MR) is 115 cm³/mol. The Kier molecular flexibility index (Phi) is 6.49. The highest BCUT2D eigenvalue weighted by atomic mass is 16.3. The van der Waals surface area contributed by atoms with Gasteiger partial charge in [-0.15, -0.1) is 0 Å². The van der Waals surface area contributed by atoms with Gasteiger partial charge in [-0.05, 0) is 56.2 Å². The first-order valence-electron chi connectivity index (χ1n) is 9.67. The maximum absolute atomic E-state index is 10.0.